The van der Waals surface area contributed by atoms with Gasteiger partial charge < -0.3 is 14.8 Å². The molecule has 0 saturated heterocycles. The van der Waals surface area contributed by atoms with E-state index in [4.69, 9.17) is 9.47 Å². The first-order valence-electron chi connectivity index (χ1n) is 4.02. The summed E-state index contributed by atoms with van der Waals surface area (Å²) >= 11 is 0. The molecule has 0 radical (unpaired) electrons. The van der Waals surface area contributed by atoms with Crippen LogP contribution in [-0.4, -0.2) is 40.0 Å². The molecule has 3 nitrogen and oxygen atoms in total. The van der Waals surface area contributed by atoms with E-state index in [1.54, 1.807) is 14.2 Å². The van der Waals surface area contributed by atoms with Crippen LogP contribution in [0.4, 0.5) is 0 Å². The van der Waals surface area contributed by atoms with E-state index in [0.717, 1.165) is 26.2 Å². The monoisotopic (exact) mass is 161 g/mol. The number of ether oxygens (including phenoxy) is 2. The highest BCUT2D eigenvalue weighted by Gasteiger charge is 1.98. The highest BCUT2D eigenvalue weighted by molar-refractivity contribution is 4.58. The van der Waals surface area contributed by atoms with Crippen molar-refractivity contribution in [3.8, 4) is 0 Å². The lowest BCUT2D eigenvalue weighted by Gasteiger charge is -2.12. The van der Waals surface area contributed by atoms with E-state index in [9.17, 15) is 0 Å². The van der Waals surface area contributed by atoms with E-state index in [2.05, 4.69) is 12.2 Å². The number of hydrogen-bond acceptors (Lipinski definition) is 3. The Morgan fingerprint density at radius 1 is 1.18 bits per heavy atom. The number of hydrogen-bond donors (Lipinski definition) is 1. The summed E-state index contributed by atoms with van der Waals surface area (Å²) in [6.45, 7) is 4.66. The molecule has 0 aliphatic rings. The molecule has 3 heteroatoms. The van der Waals surface area contributed by atoms with Crippen LogP contribution >= 0.6 is 0 Å². The molecule has 11 heavy (non-hydrogen) atoms. The first kappa shape index (κ1) is 10.9. The molecule has 0 bridgehead atoms. The summed E-state index contributed by atoms with van der Waals surface area (Å²) < 4.78 is 9.85. The predicted molar refractivity (Wildman–Crippen MR) is 45.8 cm³/mol. The fraction of sp³-hybridized carbons (Fsp3) is 1.00. The molecule has 0 saturated carbocycles. The number of methoxy groups -OCH3 is 2. The summed E-state index contributed by atoms with van der Waals surface area (Å²) in [5.41, 5.74) is 0. The molecule has 0 fully saturated rings. The molecule has 0 spiro atoms. The van der Waals surface area contributed by atoms with Crippen molar-refractivity contribution in [3.63, 3.8) is 0 Å². The van der Waals surface area contributed by atoms with Gasteiger partial charge in [0.15, 0.2) is 0 Å². The maximum Gasteiger partial charge on any atom is 0.0587 e. The van der Waals surface area contributed by atoms with Gasteiger partial charge in [0.2, 0.25) is 0 Å². The molecule has 1 unspecified atom stereocenters. The Kier molecular flexibility index (Phi) is 7.89. The second-order valence-electron chi connectivity index (χ2n) is 2.63. The van der Waals surface area contributed by atoms with Gasteiger partial charge >= 0.3 is 0 Å². The van der Waals surface area contributed by atoms with Crippen LogP contribution < -0.4 is 5.32 Å². The summed E-state index contributed by atoms with van der Waals surface area (Å²) in [7, 11) is 3.43. The van der Waals surface area contributed by atoms with Crippen molar-refractivity contribution in [3.05, 3.63) is 0 Å². The van der Waals surface area contributed by atoms with Crippen LogP contribution in [0, 0.1) is 0 Å². The van der Waals surface area contributed by atoms with Crippen LogP contribution in [-0.2, 0) is 9.47 Å². The number of nitrogens with one attached hydrogen (secondary N) is 1. The van der Waals surface area contributed by atoms with Gasteiger partial charge in [0, 0.05) is 33.4 Å². The Bertz CT molecular complexity index is 78.5. The molecule has 0 heterocycles. The van der Waals surface area contributed by atoms with Crippen LogP contribution in [0.25, 0.3) is 0 Å². The summed E-state index contributed by atoms with van der Waals surface area (Å²) in [5, 5.41) is 3.31. The molecule has 1 atom stereocenters. The lowest BCUT2D eigenvalue weighted by atomic mass is 10.2. The van der Waals surface area contributed by atoms with Crippen LogP contribution in [0.3, 0.4) is 0 Å². The fourth-order valence-electron chi connectivity index (χ4n) is 0.804. The first-order chi connectivity index (χ1) is 5.31. The Hall–Kier alpha value is -0.120. The topological polar surface area (TPSA) is 30.5 Å². The van der Waals surface area contributed by atoms with Crippen molar-refractivity contribution in [1.82, 2.24) is 5.32 Å². The molecule has 0 rings (SSSR count). The van der Waals surface area contributed by atoms with Crippen LogP contribution in [0.1, 0.15) is 13.3 Å². The maximum absolute atomic E-state index is 4.95. The van der Waals surface area contributed by atoms with Crippen molar-refractivity contribution < 1.29 is 9.47 Å². The summed E-state index contributed by atoms with van der Waals surface area (Å²) in [4.78, 5) is 0. The molecule has 0 aliphatic heterocycles. The number of rotatable bonds is 7. The standard InChI is InChI=1S/C8H19NO2/c1-8(4-6-10-2)9-5-7-11-3/h8-9H,4-7H2,1-3H3. The highest BCUT2D eigenvalue weighted by atomic mass is 16.5. The minimum absolute atomic E-state index is 0.519. The molecule has 0 amide bonds. The average Bonchev–Trinajstić information content (AvgIpc) is 2.01. The third-order valence-electron chi connectivity index (χ3n) is 1.55. The van der Waals surface area contributed by atoms with E-state index in [-0.39, 0.29) is 0 Å². The molecule has 0 aromatic rings. The van der Waals surface area contributed by atoms with Crippen LogP contribution in [0.2, 0.25) is 0 Å². The smallest absolute Gasteiger partial charge is 0.0587 e. The van der Waals surface area contributed by atoms with Gasteiger partial charge in [-0.25, -0.2) is 0 Å². The maximum atomic E-state index is 4.95. The molecular formula is C8H19NO2. The van der Waals surface area contributed by atoms with Gasteiger partial charge in [-0.15, -0.1) is 0 Å². The Morgan fingerprint density at radius 3 is 2.36 bits per heavy atom. The molecule has 68 valence electrons. The summed E-state index contributed by atoms with van der Waals surface area (Å²) in [5.74, 6) is 0. The normalized spacial score (nSPS) is 13.4. The third kappa shape index (κ3) is 7.78. The van der Waals surface area contributed by atoms with Gasteiger partial charge in [-0.1, -0.05) is 0 Å². The zero-order valence-corrected chi connectivity index (χ0v) is 7.72. The van der Waals surface area contributed by atoms with E-state index in [0.29, 0.717) is 6.04 Å². The SMILES string of the molecule is COCCNC(C)CCOC. The van der Waals surface area contributed by atoms with Crippen molar-refractivity contribution in [1.29, 1.82) is 0 Å². The third-order valence-corrected chi connectivity index (χ3v) is 1.55. The van der Waals surface area contributed by atoms with E-state index in [1.165, 1.54) is 0 Å². The van der Waals surface area contributed by atoms with Gasteiger partial charge in [-0.05, 0) is 13.3 Å². The Balaban J connectivity index is 3.02. The molecule has 0 aliphatic carbocycles. The van der Waals surface area contributed by atoms with Gasteiger partial charge in [0.05, 0.1) is 6.61 Å². The molecule has 0 aromatic heterocycles. The lowest BCUT2D eigenvalue weighted by Crippen LogP contribution is -2.30. The molecule has 1 N–H and O–H groups in total. The zero-order valence-electron chi connectivity index (χ0n) is 7.72. The van der Waals surface area contributed by atoms with Gasteiger partial charge in [0.25, 0.3) is 0 Å². The second-order valence-corrected chi connectivity index (χ2v) is 2.63. The van der Waals surface area contributed by atoms with Crippen molar-refractivity contribution in [2.75, 3.05) is 34.0 Å². The minimum atomic E-state index is 0.519. The fourth-order valence-corrected chi connectivity index (χ4v) is 0.804. The summed E-state index contributed by atoms with van der Waals surface area (Å²) in [6.07, 6.45) is 1.06. The lowest BCUT2D eigenvalue weighted by molar-refractivity contribution is 0.174. The molecular weight excluding hydrogens is 142 g/mol. The second kappa shape index (κ2) is 7.98. The average molecular weight is 161 g/mol. The minimum Gasteiger partial charge on any atom is -0.385 e. The van der Waals surface area contributed by atoms with Gasteiger partial charge in [-0.3, -0.25) is 0 Å². The molecule has 0 aromatic carbocycles. The quantitative estimate of drug-likeness (QED) is 0.556. The van der Waals surface area contributed by atoms with Gasteiger partial charge in [0.1, 0.15) is 0 Å². The van der Waals surface area contributed by atoms with Crippen molar-refractivity contribution >= 4 is 0 Å². The highest BCUT2D eigenvalue weighted by Crippen LogP contribution is 1.89. The van der Waals surface area contributed by atoms with Crippen molar-refractivity contribution in [2.45, 2.75) is 19.4 Å². The summed E-state index contributed by atoms with van der Waals surface area (Å²) in [6, 6.07) is 0.519. The van der Waals surface area contributed by atoms with Crippen molar-refractivity contribution in [2.24, 2.45) is 0 Å². The van der Waals surface area contributed by atoms with E-state index >= 15 is 0 Å². The Labute approximate surface area is 69.1 Å². The largest absolute Gasteiger partial charge is 0.385 e. The zero-order chi connectivity index (χ0) is 8.53. The Morgan fingerprint density at radius 2 is 1.82 bits per heavy atom. The van der Waals surface area contributed by atoms with E-state index < -0.39 is 0 Å². The van der Waals surface area contributed by atoms with E-state index in [1.807, 2.05) is 0 Å². The van der Waals surface area contributed by atoms with Gasteiger partial charge in [-0.2, -0.15) is 0 Å². The predicted octanol–water partition coefficient (Wildman–Crippen LogP) is 0.647. The first-order valence-corrected chi connectivity index (χ1v) is 4.02. The van der Waals surface area contributed by atoms with Crippen LogP contribution in [0.15, 0.2) is 0 Å². The van der Waals surface area contributed by atoms with Crippen LogP contribution in [0.5, 0.6) is 0 Å².